The van der Waals surface area contributed by atoms with Crippen LogP contribution in [0.25, 0.3) is 12.2 Å². The number of unbranched alkanes of at least 4 members (excludes halogenated alkanes) is 2. The van der Waals surface area contributed by atoms with Crippen molar-refractivity contribution < 1.29 is 23.6 Å². The molecule has 2 aromatic heterocycles. The van der Waals surface area contributed by atoms with E-state index in [0.717, 1.165) is 60.8 Å². The lowest BCUT2D eigenvalue weighted by Gasteiger charge is -2.36. The number of Topliss-reactive ketones (excluding diaryl/α,β-unsaturated/α-hetero) is 1. The van der Waals surface area contributed by atoms with E-state index in [2.05, 4.69) is 37.8 Å². The molecule has 1 aliphatic carbocycles. The van der Waals surface area contributed by atoms with Crippen LogP contribution in [0.1, 0.15) is 48.3 Å². The third kappa shape index (κ3) is 6.39. The highest BCUT2D eigenvalue weighted by Crippen LogP contribution is 2.28. The Balaban J connectivity index is 1.20. The molecule has 3 unspecified atom stereocenters. The van der Waals surface area contributed by atoms with Crippen LogP contribution < -0.4 is 21.2 Å². The van der Waals surface area contributed by atoms with Crippen LogP contribution in [-0.4, -0.2) is 72.4 Å². The molecule has 0 radical (unpaired) electrons. The van der Waals surface area contributed by atoms with Crippen molar-refractivity contribution in [3.63, 3.8) is 0 Å². The Kier molecular flexibility index (Phi) is 8.42. The summed E-state index contributed by atoms with van der Waals surface area (Å²) in [5.41, 5.74) is 1.33. The minimum Gasteiger partial charge on any atom is -0.471 e. The summed E-state index contributed by atoms with van der Waals surface area (Å²) in [4.78, 5) is 31.9. The summed E-state index contributed by atoms with van der Waals surface area (Å²) >= 11 is 0. The summed E-state index contributed by atoms with van der Waals surface area (Å²) in [6, 6.07) is 5.44. The van der Waals surface area contributed by atoms with Gasteiger partial charge >= 0.3 is 0 Å². The number of nitrogens with zero attached hydrogens (tertiary/aromatic N) is 3. The first-order chi connectivity index (χ1) is 18.9. The zero-order valence-electron chi connectivity index (χ0n) is 22.8. The van der Waals surface area contributed by atoms with E-state index in [1.165, 1.54) is 6.26 Å². The maximum absolute atomic E-state index is 13.0. The molecular formula is C29H37N5O5. The predicted octanol–water partition coefficient (Wildman–Crippen LogP) is 1.25. The fourth-order valence-corrected chi connectivity index (χ4v) is 5.40. The summed E-state index contributed by atoms with van der Waals surface area (Å²) in [5.74, 6) is 0.704. The molecule has 1 saturated heterocycles. The number of rotatable bonds is 12. The number of aryl methyl sites for hydroxylation is 1. The molecule has 2 N–H and O–H groups in total. The van der Waals surface area contributed by atoms with Crippen LogP contribution >= 0.6 is 0 Å². The molecule has 39 heavy (non-hydrogen) atoms. The maximum Gasteiger partial charge on any atom is 0.226 e. The quantitative estimate of drug-likeness (QED) is 0.306. The van der Waals surface area contributed by atoms with Crippen molar-refractivity contribution in [3.8, 4) is 0 Å². The third-order valence-electron chi connectivity index (χ3n) is 7.66. The lowest BCUT2D eigenvalue weighted by atomic mass is 9.94. The minimum atomic E-state index is -0.387. The summed E-state index contributed by atoms with van der Waals surface area (Å²) in [5, 5.41) is 12.3. The highest BCUT2D eigenvalue weighted by atomic mass is 16.5. The normalized spacial score (nSPS) is 23.3. The molecule has 10 nitrogen and oxygen atoms in total. The summed E-state index contributed by atoms with van der Waals surface area (Å²) in [7, 11) is 3.70. The van der Waals surface area contributed by atoms with E-state index in [4.69, 9.17) is 14.0 Å². The smallest absolute Gasteiger partial charge is 0.226 e. The van der Waals surface area contributed by atoms with Crippen LogP contribution in [0, 0.1) is 18.8 Å². The number of carbonyl (C=O) groups is 2. The number of methoxy groups -OCH3 is 1. The first-order valence-corrected chi connectivity index (χ1v) is 13.7. The van der Waals surface area contributed by atoms with E-state index < -0.39 is 0 Å². The molecule has 1 fully saturated rings. The molecule has 4 atom stereocenters. The van der Waals surface area contributed by atoms with Crippen LogP contribution in [-0.2, 0) is 14.3 Å². The van der Waals surface area contributed by atoms with Gasteiger partial charge in [0.25, 0.3) is 0 Å². The van der Waals surface area contributed by atoms with Crippen LogP contribution in [0.5, 0.6) is 0 Å². The number of aromatic nitrogens is 2. The lowest BCUT2D eigenvalue weighted by molar-refractivity contribution is -0.131. The van der Waals surface area contributed by atoms with E-state index in [1.807, 2.05) is 32.3 Å². The van der Waals surface area contributed by atoms with Crippen molar-refractivity contribution in [2.45, 2.75) is 57.4 Å². The second kappa shape index (κ2) is 12.1. The highest BCUT2D eigenvalue weighted by molar-refractivity contribution is 5.93. The van der Waals surface area contributed by atoms with Gasteiger partial charge in [-0.05, 0) is 44.2 Å². The second-order valence-corrected chi connectivity index (χ2v) is 10.7. The summed E-state index contributed by atoms with van der Waals surface area (Å²) in [6.07, 6.45) is 10.5. The molecule has 0 aromatic carbocycles. The molecule has 2 aliphatic heterocycles. The first kappa shape index (κ1) is 27.1. The van der Waals surface area contributed by atoms with Crippen molar-refractivity contribution in [1.82, 2.24) is 25.7 Å². The Morgan fingerprint density at radius 1 is 1.21 bits per heavy atom. The van der Waals surface area contributed by atoms with Gasteiger partial charge in [-0.3, -0.25) is 14.6 Å². The average Bonchev–Trinajstić information content (AvgIpc) is 3.62. The topological polar surface area (TPSA) is 119 Å². The Hall–Kier alpha value is -3.50. The van der Waals surface area contributed by atoms with E-state index in [0.29, 0.717) is 12.1 Å². The molecule has 1 amide bonds. The second-order valence-electron chi connectivity index (χ2n) is 10.7. The number of hydrogen-bond donors (Lipinski definition) is 2. The number of carbonyl (C=O) groups excluding carboxylic acids is 2. The van der Waals surface area contributed by atoms with Crippen LogP contribution in [0.3, 0.4) is 0 Å². The molecule has 10 heteroatoms. The molecular weight excluding hydrogens is 498 g/mol. The van der Waals surface area contributed by atoms with Gasteiger partial charge in [-0.15, -0.1) is 0 Å². The maximum atomic E-state index is 13.0. The van der Waals surface area contributed by atoms with E-state index in [9.17, 15) is 9.59 Å². The van der Waals surface area contributed by atoms with Crippen LogP contribution in [0.15, 0.2) is 40.9 Å². The Morgan fingerprint density at radius 2 is 2.05 bits per heavy atom. The molecule has 3 aliphatic rings. The Labute approximate surface area is 228 Å². The number of nitrogens with one attached hydrogen (secondary N) is 2. The van der Waals surface area contributed by atoms with Crippen molar-refractivity contribution in [2.24, 2.45) is 11.8 Å². The highest BCUT2D eigenvalue weighted by Gasteiger charge is 2.37. The molecule has 2 aromatic rings. The van der Waals surface area contributed by atoms with Crippen molar-refractivity contribution in [3.05, 3.63) is 58.4 Å². The van der Waals surface area contributed by atoms with Crippen LogP contribution in [0.2, 0.25) is 0 Å². The molecule has 5 rings (SSSR count). The molecule has 0 bridgehead atoms. The van der Waals surface area contributed by atoms with Crippen molar-refractivity contribution >= 4 is 23.8 Å². The zero-order chi connectivity index (χ0) is 27.4. The standard InChI is InChI=1S/C29H37N5O5/c1-18-9-10-19-13-21(26(37-3)14-24(19)31-18)27-15-30-29(39-27)23(32-28(36)20-16-34(2)17-20)7-5-4-6-8-25(35)22-11-12-38-33-22/h9-15,20-21,23,26,29-30H,4-8,16-17H2,1-3H3,(H,32,36)/t21?,23-,26?,29?/m0/s1. The van der Waals surface area contributed by atoms with Gasteiger partial charge in [-0.25, -0.2) is 0 Å². The SMILES string of the molecule is COC1C=c2nc(C)ccc2=CC1C1=CNC([C@H](CCCCCC(=O)c2ccon2)NC(=O)C2CN(C)C2)O1. The summed E-state index contributed by atoms with van der Waals surface area (Å²) < 4.78 is 17.0. The van der Waals surface area contributed by atoms with Gasteiger partial charge in [0.1, 0.15) is 17.7 Å². The number of amides is 1. The van der Waals surface area contributed by atoms with Gasteiger partial charge in [0.05, 0.1) is 29.3 Å². The van der Waals surface area contributed by atoms with Crippen molar-refractivity contribution in [1.29, 1.82) is 0 Å². The lowest BCUT2D eigenvalue weighted by Crippen LogP contribution is -2.56. The van der Waals surface area contributed by atoms with E-state index in [-0.39, 0.29) is 41.9 Å². The van der Waals surface area contributed by atoms with Gasteiger partial charge in [0.2, 0.25) is 5.91 Å². The average molecular weight is 536 g/mol. The number of ketones is 1. The number of hydrogen-bond acceptors (Lipinski definition) is 9. The van der Waals surface area contributed by atoms with E-state index >= 15 is 0 Å². The zero-order valence-corrected chi connectivity index (χ0v) is 22.8. The van der Waals surface area contributed by atoms with Crippen LogP contribution in [0.4, 0.5) is 0 Å². The van der Waals surface area contributed by atoms with Gasteiger partial charge in [-0.2, -0.15) is 0 Å². The number of likely N-dealkylation sites (tertiary alicyclic amines) is 1. The molecule has 0 saturated carbocycles. The Morgan fingerprint density at radius 3 is 2.79 bits per heavy atom. The van der Waals surface area contributed by atoms with Gasteiger partial charge in [0.15, 0.2) is 12.0 Å². The predicted molar refractivity (Wildman–Crippen MR) is 144 cm³/mol. The fraction of sp³-hybridized carbons (Fsp3) is 0.517. The van der Waals surface area contributed by atoms with Gasteiger partial charge in [-0.1, -0.05) is 30.1 Å². The molecule has 208 valence electrons. The third-order valence-corrected chi connectivity index (χ3v) is 7.66. The molecule has 4 heterocycles. The first-order valence-electron chi connectivity index (χ1n) is 13.7. The molecule has 0 spiro atoms. The number of fused-ring (bicyclic) bond motifs is 1. The summed E-state index contributed by atoms with van der Waals surface area (Å²) in [6.45, 7) is 3.50. The van der Waals surface area contributed by atoms with E-state index in [1.54, 1.807) is 13.2 Å². The minimum absolute atomic E-state index is 0.00183. The number of ether oxygens (including phenoxy) is 2. The monoisotopic (exact) mass is 535 g/mol. The van der Waals surface area contributed by atoms with Gasteiger partial charge in [0, 0.05) is 44.6 Å². The largest absolute Gasteiger partial charge is 0.471 e. The Bertz CT molecular complexity index is 1320. The van der Waals surface area contributed by atoms with Gasteiger partial charge < -0.3 is 29.5 Å². The fourth-order valence-electron chi connectivity index (χ4n) is 5.40. The number of pyridine rings is 1. The van der Waals surface area contributed by atoms with Crippen molar-refractivity contribution in [2.75, 3.05) is 27.2 Å².